The molecule has 4 nitrogen and oxygen atoms in total. The van der Waals surface area contributed by atoms with Crippen molar-refractivity contribution in [3.63, 3.8) is 0 Å². The number of hydrogen-bond acceptors (Lipinski definition) is 3. The van der Waals surface area contributed by atoms with Crippen molar-refractivity contribution in [1.29, 1.82) is 0 Å². The van der Waals surface area contributed by atoms with Gasteiger partial charge in [0.05, 0.1) is 6.10 Å². The third-order valence-electron chi connectivity index (χ3n) is 3.76. The summed E-state index contributed by atoms with van der Waals surface area (Å²) >= 11 is 3.44. The molecular weight excluding hydrogens is 394 g/mol. The van der Waals surface area contributed by atoms with Gasteiger partial charge < -0.3 is 14.8 Å². The molecule has 0 aromatic heterocycles. The summed E-state index contributed by atoms with van der Waals surface area (Å²) in [4.78, 5) is 11.9. The van der Waals surface area contributed by atoms with Crippen LogP contribution in [0.5, 0.6) is 11.5 Å². The molecule has 0 heterocycles. The standard InChI is InChI=1S/C21H26BrNO3/c1-15(2)26-18-8-6-17(7-9-18)5-4-12-23-21(24)14-25-19-10-11-20(22)16(3)13-19/h6-11,13,15H,4-5,12,14H2,1-3H3,(H,23,24). The van der Waals surface area contributed by atoms with Crippen LogP contribution in [-0.4, -0.2) is 25.2 Å². The second-order valence-corrected chi connectivity index (χ2v) is 7.32. The summed E-state index contributed by atoms with van der Waals surface area (Å²) in [6.07, 6.45) is 1.97. The Kier molecular flexibility index (Phi) is 7.98. The number of ether oxygens (including phenoxy) is 2. The predicted molar refractivity (Wildman–Crippen MR) is 108 cm³/mol. The largest absolute Gasteiger partial charge is 0.491 e. The number of amides is 1. The Bertz CT molecular complexity index is 714. The lowest BCUT2D eigenvalue weighted by atomic mass is 10.1. The lowest BCUT2D eigenvalue weighted by Gasteiger charge is -2.10. The smallest absolute Gasteiger partial charge is 0.257 e. The van der Waals surface area contributed by atoms with Gasteiger partial charge >= 0.3 is 0 Å². The molecule has 1 amide bonds. The zero-order valence-electron chi connectivity index (χ0n) is 15.5. The molecule has 26 heavy (non-hydrogen) atoms. The summed E-state index contributed by atoms with van der Waals surface area (Å²) in [5.41, 5.74) is 2.31. The van der Waals surface area contributed by atoms with Crippen molar-refractivity contribution in [3.8, 4) is 11.5 Å². The molecular formula is C21H26BrNO3. The zero-order chi connectivity index (χ0) is 18.9. The van der Waals surface area contributed by atoms with Crippen molar-refractivity contribution < 1.29 is 14.3 Å². The highest BCUT2D eigenvalue weighted by atomic mass is 79.9. The van der Waals surface area contributed by atoms with E-state index in [4.69, 9.17) is 9.47 Å². The monoisotopic (exact) mass is 419 g/mol. The maximum atomic E-state index is 11.9. The summed E-state index contributed by atoms with van der Waals surface area (Å²) in [5, 5.41) is 2.89. The van der Waals surface area contributed by atoms with Crippen LogP contribution in [0.1, 0.15) is 31.4 Å². The number of rotatable bonds is 9. The second-order valence-electron chi connectivity index (χ2n) is 6.46. The number of carbonyl (C=O) groups is 1. The summed E-state index contributed by atoms with van der Waals surface area (Å²) in [6.45, 7) is 6.67. The van der Waals surface area contributed by atoms with E-state index in [0.717, 1.165) is 28.6 Å². The fourth-order valence-corrected chi connectivity index (χ4v) is 2.68. The fraction of sp³-hybridized carbons (Fsp3) is 0.381. The van der Waals surface area contributed by atoms with Gasteiger partial charge in [0.25, 0.3) is 5.91 Å². The molecule has 5 heteroatoms. The highest BCUT2D eigenvalue weighted by Gasteiger charge is 2.04. The zero-order valence-corrected chi connectivity index (χ0v) is 17.1. The molecule has 2 aromatic carbocycles. The van der Waals surface area contributed by atoms with Crippen LogP contribution in [0.15, 0.2) is 46.9 Å². The molecule has 2 rings (SSSR count). The minimum absolute atomic E-state index is 0.0301. The summed E-state index contributed by atoms with van der Waals surface area (Å²) in [6, 6.07) is 13.8. The molecule has 0 spiro atoms. The topological polar surface area (TPSA) is 47.6 Å². The van der Waals surface area contributed by atoms with E-state index in [-0.39, 0.29) is 18.6 Å². The first-order valence-corrected chi connectivity index (χ1v) is 9.64. The Hall–Kier alpha value is -2.01. The molecule has 1 N–H and O–H groups in total. The van der Waals surface area contributed by atoms with E-state index in [1.807, 2.05) is 51.1 Å². The molecule has 0 unspecified atom stereocenters. The van der Waals surface area contributed by atoms with E-state index in [9.17, 15) is 4.79 Å². The van der Waals surface area contributed by atoms with Crippen LogP contribution in [0.4, 0.5) is 0 Å². The number of carbonyl (C=O) groups excluding carboxylic acids is 1. The van der Waals surface area contributed by atoms with Crippen molar-refractivity contribution >= 4 is 21.8 Å². The van der Waals surface area contributed by atoms with Crippen molar-refractivity contribution in [2.45, 2.75) is 39.7 Å². The molecule has 0 aliphatic heterocycles. The van der Waals surface area contributed by atoms with E-state index in [0.29, 0.717) is 12.3 Å². The van der Waals surface area contributed by atoms with E-state index >= 15 is 0 Å². The van der Waals surface area contributed by atoms with Crippen molar-refractivity contribution in [2.24, 2.45) is 0 Å². The van der Waals surface area contributed by atoms with E-state index in [2.05, 4.69) is 33.4 Å². The quantitative estimate of drug-likeness (QED) is 0.600. The van der Waals surface area contributed by atoms with Gasteiger partial charge in [0, 0.05) is 11.0 Å². The Labute approximate surface area is 164 Å². The first-order chi connectivity index (χ1) is 12.4. The Morgan fingerprint density at radius 1 is 1.12 bits per heavy atom. The molecule has 0 aliphatic carbocycles. The number of nitrogens with one attached hydrogen (secondary N) is 1. The second kappa shape index (κ2) is 10.2. The maximum Gasteiger partial charge on any atom is 0.257 e. The van der Waals surface area contributed by atoms with Crippen LogP contribution >= 0.6 is 15.9 Å². The van der Waals surface area contributed by atoms with Gasteiger partial charge in [0.2, 0.25) is 0 Å². The predicted octanol–water partition coefficient (Wildman–Crippen LogP) is 4.67. The highest BCUT2D eigenvalue weighted by molar-refractivity contribution is 9.10. The lowest BCUT2D eigenvalue weighted by Crippen LogP contribution is -2.29. The molecule has 0 bridgehead atoms. The summed E-state index contributed by atoms with van der Waals surface area (Å²) in [7, 11) is 0. The molecule has 0 radical (unpaired) electrons. The first-order valence-electron chi connectivity index (χ1n) is 8.85. The van der Waals surface area contributed by atoms with Gasteiger partial charge in [-0.05, 0) is 75.1 Å². The summed E-state index contributed by atoms with van der Waals surface area (Å²) in [5.74, 6) is 1.48. The van der Waals surface area contributed by atoms with E-state index in [1.165, 1.54) is 5.56 Å². The normalized spacial score (nSPS) is 10.7. The maximum absolute atomic E-state index is 11.9. The molecule has 2 aromatic rings. The number of hydrogen-bond donors (Lipinski definition) is 1. The minimum atomic E-state index is -0.105. The highest BCUT2D eigenvalue weighted by Crippen LogP contribution is 2.21. The average molecular weight is 420 g/mol. The lowest BCUT2D eigenvalue weighted by molar-refractivity contribution is -0.123. The number of halogens is 1. The van der Waals surface area contributed by atoms with Crippen LogP contribution in [0.2, 0.25) is 0 Å². The van der Waals surface area contributed by atoms with Crippen LogP contribution in [0.3, 0.4) is 0 Å². The van der Waals surface area contributed by atoms with Gasteiger partial charge in [0.15, 0.2) is 6.61 Å². The molecule has 0 saturated carbocycles. The van der Waals surface area contributed by atoms with Gasteiger partial charge in [0.1, 0.15) is 11.5 Å². The molecule has 0 aliphatic rings. The van der Waals surface area contributed by atoms with Crippen molar-refractivity contribution in [1.82, 2.24) is 5.32 Å². The first kappa shape index (κ1) is 20.3. The Balaban J connectivity index is 1.64. The van der Waals surface area contributed by atoms with Gasteiger partial charge in [-0.3, -0.25) is 4.79 Å². The molecule has 0 saturated heterocycles. The van der Waals surface area contributed by atoms with Crippen LogP contribution in [-0.2, 0) is 11.2 Å². The van der Waals surface area contributed by atoms with Crippen molar-refractivity contribution in [2.75, 3.05) is 13.2 Å². The molecule has 0 atom stereocenters. The van der Waals surface area contributed by atoms with E-state index < -0.39 is 0 Å². The van der Waals surface area contributed by atoms with Crippen LogP contribution in [0.25, 0.3) is 0 Å². The van der Waals surface area contributed by atoms with Gasteiger partial charge in [-0.2, -0.15) is 0 Å². The SMILES string of the molecule is Cc1cc(OCC(=O)NCCCc2ccc(OC(C)C)cc2)ccc1Br. The minimum Gasteiger partial charge on any atom is -0.491 e. The van der Waals surface area contributed by atoms with E-state index in [1.54, 1.807) is 0 Å². The van der Waals surface area contributed by atoms with Gasteiger partial charge in [-0.25, -0.2) is 0 Å². The van der Waals surface area contributed by atoms with Crippen molar-refractivity contribution in [3.05, 3.63) is 58.1 Å². The van der Waals surface area contributed by atoms with Crippen LogP contribution in [0, 0.1) is 6.92 Å². The fourth-order valence-electron chi connectivity index (χ4n) is 2.43. The third kappa shape index (κ3) is 7.08. The van der Waals surface area contributed by atoms with Gasteiger partial charge in [-0.1, -0.05) is 28.1 Å². The average Bonchev–Trinajstić information content (AvgIpc) is 2.60. The third-order valence-corrected chi connectivity index (χ3v) is 4.65. The molecule has 0 fully saturated rings. The number of benzene rings is 2. The van der Waals surface area contributed by atoms with Gasteiger partial charge in [-0.15, -0.1) is 0 Å². The Morgan fingerprint density at radius 2 is 1.81 bits per heavy atom. The number of aryl methyl sites for hydroxylation is 2. The Morgan fingerprint density at radius 3 is 2.46 bits per heavy atom. The van der Waals surface area contributed by atoms with Crippen LogP contribution < -0.4 is 14.8 Å². The molecule has 140 valence electrons. The summed E-state index contributed by atoms with van der Waals surface area (Å²) < 4.78 is 12.2.